The van der Waals surface area contributed by atoms with E-state index >= 15 is 0 Å². The zero-order valence-electron chi connectivity index (χ0n) is 15.5. The zero-order chi connectivity index (χ0) is 19.3. The number of likely N-dealkylation sites (N-methyl/N-ethyl adjacent to an activating group) is 1. The van der Waals surface area contributed by atoms with E-state index in [9.17, 15) is 13.2 Å². The molecule has 0 heterocycles. The monoisotopic (exact) mass is 376 g/mol. The predicted molar refractivity (Wildman–Crippen MR) is 101 cm³/mol. The van der Waals surface area contributed by atoms with Crippen LogP contribution in [-0.4, -0.2) is 57.8 Å². The third-order valence-electron chi connectivity index (χ3n) is 3.94. The number of carbonyl (C=O) groups excluding carboxylic acids is 1. The Morgan fingerprint density at radius 1 is 0.962 bits per heavy atom. The van der Waals surface area contributed by atoms with E-state index in [1.165, 1.54) is 38.4 Å². The molecule has 0 aliphatic heterocycles. The number of amides is 1. The van der Waals surface area contributed by atoms with Gasteiger partial charge in [-0.2, -0.15) is 0 Å². The number of nitrogens with zero attached hydrogens (tertiary/aromatic N) is 2. The maximum absolute atomic E-state index is 12.4. The molecule has 0 N–H and O–H groups in total. The summed E-state index contributed by atoms with van der Waals surface area (Å²) in [6.07, 6.45) is 0. The summed E-state index contributed by atoms with van der Waals surface area (Å²) in [7, 11) is 1.12. The van der Waals surface area contributed by atoms with E-state index < -0.39 is 10.0 Å². The second-order valence-electron chi connectivity index (χ2n) is 6.20. The molecule has 2 aromatic rings. The fourth-order valence-electron chi connectivity index (χ4n) is 2.24. The Labute approximate surface area is 155 Å². The summed E-state index contributed by atoms with van der Waals surface area (Å²) in [6, 6.07) is 13.6. The lowest BCUT2D eigenvalue weighted by atomic mass is 10.2. The first-order valence-electron chi connectivity index (χ1n) is 8.19. The minimum absolute atomic E-state index is 0.157. The molecule has 2 aromatic carbocycles. The van der Waals surface area contributed by atoms with Crippen LogP contribution in [0.4, 0.5) is 0 Å². The molecule has 0 aliphatic carbocycles. The molecule has 2 rings (SSSR count). The van der Waals surface area contributed by atoms with E-state index in [2.05, 4.69) is 0 Å². The first-order valence-corrected chi connectivity index (χ1v) is 9.63. The third kappa shape index (κ3) is 4.83. The Morgan fingerprint density at radius 3 is 2.08 bits per heavy atom. The lowest BCUT2D eigenvalue weighted by Gasteiger charge is -2.18. The van der Waals surface area contributed by atoms with Gasteiger partial charge < -0.3 is 9.64 Å². The Hall–Kier alpha value is -2.38. The van der Waals surface area contributed by atoms with Crippen molar-refractivity contribution in [3.05, 3.63) is 59.7 Å². The smallest absolute Gasteiger partial charge is 0.253 e. The van der Waals surface area contributed by atoms with Gasteiger partial charge in [0.25, 0.3) is 5.91 Å². The quantitative estimate of drug-likeness (QED) is 0.744. The topological polar surface area (TPSA) is 66.9 Å². The average molecular weight is 376 g/mol. The highest BCUT2D eigenvalue weighted by molar-refractivity contribution is 7.89. The molecule has 0 atom stereocenters. The van der Waals surface area contributed by atoms with E-state index in [4.69, 9.17) is 4.74 Å². The van der Waals surface area contributed by atoms with Gasteiger partial charge in [0, 0.05) is 26.7 Å². The fraction of sp³-hybridized carbons (Fsp3) is 0.316. The van der Waals surface area contributed by atoms with Gasteiger partial charge in [-0.25, -0.2) is 12.7 Å². The molecule has 6 nitrogen and oxygen atoms in total. The molecule has 0 saturated carbocycles. The highest BCUT2D eigenvalue weighted by Crippen LogP contribution is 2.15. The van der Waals surface area contributed by atoms with Crippen LogP contribution in [0.1, 0.15) is 15.9 Å². The van der Waals surface area contributed by atoms with Gasteiger partial charge >= 0.3 is 0 Å². The highest BCUT2D eigenvalue weighted by atomic mass is 32.2. The van der Waals surface area contributed by atoms with Gasteiger partial charge in [-0.15, -0.1) is 0 Å². The van der Waals surface area contributed by atoms with Crippen molar-refractivity contribution in [1.82, 2.24) is 9.21 Å². The predicted octanol–water partition coefficient (Wildman–Crippen LogP) is 2.40. The molecule has 7 heteroatoms. The average Bonchev–Trinajstić information content (AvgIpc) is 2.62. The minimum atomic E-state index is -3.50. The number of hydrogen-bond acceptors (Lipinski definition) is 4. The maximum Gasteiger partial charge on any atom is 0.253 e. The van der Waals surface area contributed by atoms with E-state index in [-0.39, 0.29) is 10.8 Å². The molecule has 0 unspecified atom stereocenters. The first-order chi connectivity index (χ1) is 12.2. The third-order valence-corrected chi connectivity index (χ3v) is 5.77. The summed E-state index contributed by atoms with van der Waals surface area (Å²) < 4.78 is 30.9. The maximum atomic E-state index is 12.4. The number of rotatable bonds is 7. The standard InChI is InChI=1S/C19H24N2O4S/c1-15-5-9-17(10-6-15)25-14-13-21(4)19(22)16-7-11-18(12-8-16)26(23,24)20(2)3/h5-12H,13-14H2,1-4H3. The van der Waals surface area contributed by atoms with Gasteiger partial charge in [0.05, 0.1) is 11.4 Å². The Bertz CT molecular complexity index is 844. The van der Waals surface area contributed by atoms with E-state index in [1.54, 1.807) is 11.9 Å². The van der Waals surface area contributed by atoms with Crippen LogP contribution >= 0.6 is 0 Å². The minimum Gasteiger partial charge on any atom is -0.492 e. The van der Waals surface area contributed by atoms with Gasteiger partial charge in [-0.1, -0.05) is 17.7 Å². The summed E-state index contributed by atoms with van der Waals surface area (Å²) >= 11 is 0. The second-order valence-corrected chi connectivity index (χ2v) is 8.35. The van der Waals surface area contributed by atoms with Crippen molar-refractivity contribution in [3.8, 4) is 5.75 Å². The van der Waals surface area contributed by atoms with Crippen molar-refractivity contribution < 1.29 is 17.9 Å². The van der Waals surface area contributed by atoms with Crippen LogP contribution in [0.5, 0.6) is 5.75 Å². The summed E-state index contributed by atoms with van der Waals surface area (Å²) in [4.78, 5) is 14.1. The van der Waals surface area contributed by atoms with Crippen LogP contribution in [0.15, 0.2) is 53.4 Å². The van der Waals surface area contributed by atoms with Crippen LogP contribution in [0.25, 0.3) is 0 Å². The van der Waals surface area contributed by atoms with E-state index in [0.29, 0.717) is 18.7 Å². The molecule has 0 aliphatic rings. The van der Waals surface area contributed by atoms with Crippen molar-refractivity contribution in [2.75, 3.05) is 34.3 Å². The molecular weight excluding hydrogens is 352 g/mol. The molecular formula is C19H24N2O4S. The van der Waals surface area contributed by atoms with Crippen molar-refractivity contribution in [1.29, 1.82) is 0 Å². The summed E-state index contributed by atoms with van der Waals surface area (Å²) in [6.45, 7) is 2.80. The Kier molecular flexibility index (Phi) is 6.39. The van der Waals surface area contributed by atoms with Crippen molar-refractivity contribution in [2.24, 2.45) is 0 Å². The Morgan fingerprint density at radius 2 is 1.54 bits per heavy atom. The van der Waals surface area contributed by atoms with Crippen molar-refractivity contribution in [2.45, 2.75) is 11.8 Å². The zero-order valence-corrected chi connectivity index (χ0v) is 16.3. The molecule has 26 heavy (non-hydrogen) atoms. The van der Waals surface area contributed by atoms with Gasteiger partial charge in [-0.05, 0) is 43.3 Å². The molecule has 1 amide bonds. The van der Waals surface area contributed by atoms with Crippen LogP contribution < -0.4 is 4.74 Å². The molecule has 0 fully saturated rings. The summed E-state index contributed by atoms with van der Waals surface area (Å²) in [5, 5.41) is 0. The van der Waals surface area contributed by atoms with Crippen molar-refractivity contribution in [3.63, 3.8) is 0 Å². The molecule has 0 spiro atoms. The summed E-state index contributed by atoms with van der Waals surface area (Å²) in [5.41, 5.74) is 1.59. The number of hydrogen-bond donors (Lipinski definition) is 0. The van der Waals surface area contributed by atoms with Crippen LogP contribution in [0, 0.1) is 6.92 Å². The number of benzene rings is 2. The number of carbonyl (C=O) groups is 1. The number of aryl methyl sites for hydroxylation is 1. The fourth-order valence-corrected chi connectivity index (χ4v) is 3.14. The normalized spacial score (nSPS) is 11.4. The van der Waals surface area contributed by atoms with Crippen LogP contribution in [-0.2, 0) is 10.0 Å². The SMILES string of the molecule is Cc1ccc(OCCN(C)C(=O)c2ccc(S(=O)(=O)N(C)C)cc2)cc1. The van der Waals surface area contributed by atoms with Crippen LogP contribution in [0.2, 0.25) is 0 Å². The lowest BCUT2D eigenvalue weighted by Crippen LogP contribution is -2.31. The van der Waals surface area contributed by atoms with Gasteiger partial charge in [0.15, 0.2) is 0 Å². The van der Waals surface area contributed by atoms with E-state index in [1.807, 2.05) is 31.2 Å². The largest absolute Gasteiger partial charge is 0.492 e. The summed E-state index contributed by atoms with van der Waals surface area (Å²) in [5.74, 6) is 0.570. The highest BCUT2D eigenvalue weighted by Gasteiger charge is 2.18. The molecule has 0 bridgehead atoms. The number of sulfonamides is 1. The first kappa shape index (κ1) is 19.9. The number of ether oxygens (including phenoxy) is 1. The lowest BCUT2D eigenvalue weighted by molar-refractivity contribution is 0.0773. The van der Waals surface area contributed by atoms with Gasteiger partial charge in [0.1, 0.15) is 12.4 Å². The van der Waals surface area contributed by atoms with Gasteiger partial charge in [-0.3, -0.25) is 4.79 Å². The van der Waals surface area contributed by atoms with E-state index in [0.717, 1.165) is 15.6 Å². The van der Waals surface area contributed by atoms with Crippen molar-refractivity contribution >= 4 is 15.9 Å². The molecule has 140 valence electrons. The molecule has 0 aromatic heterocycles. The Balaban J connectivity index is 1.94. The second kappa shape index (κ2) is 8.33. The molecule has 0 radical (unpaired) electrons. The van der Waals surface area contributed by atoms with Crippen LogP contribution in [0.3, 0.4) is 0 Å². The molecule has 0 saturated heterocycles. The van der Waals surface area contributed by atoms with Gasteiger partial charge in [0.2, 0.25) is 10.0 Å².